The van der Waals surface area contributed by atoms with Crippen molar-refractivity contribution in [1.82, 2.24) is 4.98 Å². The van der Waals surface area contributed by atoms with E-state index in [-0.39, 0.29) is 6.04 Å². The number of pyridine rings is 1. The van der Waals surface area contributed by atoms with Gasteiger partial charge in [-0.3, -0.25) is 0 Å². The smallest absolute Gasteiger partial charge is 0.0965 e. The second kappa shape index (κ2) is 5.37. The van der Waals surface area contributed by atoms with Gasteiger partial charge in [0.2, 0.25) is 0 Å². The molecule has 0 aliphatic carbocycles. The van der Waals surface area contributed by atoms with Gasteiger partial charge in [0.25, 0.3) is 0 Å². The van der Waals surface area contributed by atoms with E-state index in [0.29, 0.717) is 5.25 Å². The molecule has 0 spiro atoms. The molecule has 78 valence electrons. The summed E-state index contributed by atoms with van der Waals surface area (Å²) in [6.45, 7) is 6.39. The van der Waals surface area contributed by atoms with E-state index in [9.17, 15) is 0 Å². The van der Waals surface area contributed by atoms with Crippen LogP contribution in [0.15, 0.2) is 23.4 Å². The zero-order valence-electron chi connectivity index (χ0n) is 9.03. The molecule has 3 heteroatoms. The van der Waals surface area contributed by atoms with Gasteiger partial charge in [-0.15, -0.1) is 11.8 Å². The van der Waals surface area contributed by atoms with Crippen LogP contribution in [0.3, 0.4) is 0 Å². The van der Waals surface area contributed by atoms with Crippen LogP contribution in [0.2, 0.25) is 0 Å². The van der Waals surface area contributed by atoms with Crippen molar-refractivity contribution in [3.05, 3.63) is 23.9 Å². The molecule has 1 aromatic heterocycles. The molecule has 2 atom stereocenters. The highest BCUT2D eigenvalue weighted by Crippen LogP contribution is 2.24. The highest BCUT2D eigenvalue weighted by Gasteiger charge is 2.05. The fraction of sp³-hybridized carbons (Fsp3) is 0.545. The van der Waals surface area contributed by atoms with Gasteiger partial charge in [0.05, 0.1) is 5.03 Å². The maximum absolute atomic E-state index is 5.81. The first kappa shape index (κ1) is 11.5. The van der Waals surface area contributed by atoms with Crippen molar-refractivity contribution in [2.24, 2.45) is 5.73 Å². The third-order valence-corrected chi connectivity index (χ3v) is 3.38. The Morgan fingerprint density at radius 2 is 2.21 bits per heavy atom. The molecule has 0 amide bonds. The zero-order chi connectivity index (χ0) is 10.6. The number of thioether (sulfide) groups is 1. The third-order valence-electron chi connectivity index (χ3n) is 2.18. The van der Waals surface area contributed by atoms with Gasteiger partial charge in [0, 0.05) is 17.5 Å². The minimum Gasteiger partial charge on any atom is -0.324 e. The number of nitrogens with two attached hydrogens (primary N) is 1. The van der Waals surface area contributed by atoms with Crippen molar-refractivity contribution in [2.75, 3.05) is 0 Å². The summed E-state index contributed by atoms with van der Waals surface area (Å²) < 4.78 is 0. The predicted octanol–water partition coefficient (Wildman–Crippen LogP) is 2.99. The fourth-order valence-corrected chi connectivity index (χ4v) is 1.97. The molecular weight excluding hydrogens is 192 g/mol. The molecular formula is C11H18N2S. The number of aromatic nitrogens is 1. The SMILES string of the molecule is CCC(C)Sc1cc([C@@H](C)N)ccn1. The summed E-state index contributed by atoms with van der Waals surface area (Å²) in [7, 11) is 0. The van der Waals surface area contributed by atoms with Gasteiger partial charge in [0.15, 0.2) is 0 Å². The van der Waals surface area contributed by atoms with Gasteiger partial charge >= 0.3 is 0 Å². The lowest BCUT2D eigenvalue weighted by Crippen LogP contribution is -2.05. The van der Waals surface area contributed by atoms with E-state index in [1.807, 2.05) is 30.9 Å². The number of rotatable bonds is 4. The van der Waals surface area contributed by atoms with Crippen LogP contribution in [0.5, 0.6) is 0 Å². The van der Waals surface area contributed by atoms with Crippen molar-refractivity contribution in [3.63, 3.8) is 0 Å². The van der Waals surface area contributed by atoms with E-state index < -0.39 is 0 Å². The Morgan fingerprint density at radius 1 is 1.50 bits per heavy atom. The summed E-state index contributed by atoms with van der Waals surface area (Å²) in [6, 6.07) is 4.15. The molecule has 1 aromatic rings. The Labute approximate surface area is 90.3 Å². The molecule has 2 nitrogen and oxygen atoms in total. The lowest BCUT2D eigenvalue weighted by atomic mass is 10.1. The van der Waals surface area contributed by atoms with Gasteiger partial charge in [-0.1, -0.05) is 13.8 Å². The number of hydrogen-bond donors (Lipinski definition) is 1. The predicted molar refractivity (Wildman–Crippen MR) is 62.4 cm³/mol. The van der Waals surface area contributed by atoms with E-state index in [1.54, 1.807) is 0 Å². The molecule has 0 fully saturated rings. The second-order valence-corrected chi connectivity index (χ2v) is 5.01. The highest BCUT2D eigenvalue weighted by atomic mass is 32.2. The Bertz CT molecular complexity index is 286. The first-order valence-corrected chi connectivity index (χ1v) is 5.89. The van der Waals surface area contributed by atoms with Crippen LogP contribution < -0.4 is 5.73 Å². The largest absolute Gasteiger partial charge is 0.324 e. The first-order valence-electron chi connectivity index (χ1n) is 5.01. The Hall–Kier alpha value is -0.540. The van der Waals surface area contributed by atoms with Crippen LogP contribution in [-0.2, 0) is 0 Å². The molecule has 0 saturated carbocycles. The molecule has 0 saturated heterocycles. The topological polar surface area (TPSA) is 38.9 Å². The van der Waals surface area contributed by atoms with Gasteiger partial charge in [-0.25, -0.2) is 4.98 Å². The molecule has 0 aromatic carbocycles. The normalized spacial score (nSPS) is 15.1. The molecule has 0 radical (unpaired) electrons. The molecule has 0 aliphatic heterocycles. The molecule has 1 unspecified atom stereocenters. The molecule has 2 N–H and O–H groups in total. The quantitative estimate of drug-likeness (QED) is 0.776. The van der Waals surface area contributed by atoms with Gasteiger partial charge in [-0.05, 0) is 31.0 Å². The summed E-state index contributed by atoms with van der Waals surface area (Å²) in [6.07, 6.45) is 3.00. The third kappa shape index (κ3) is 3.31. The van der Waals surface area contributed by atoms with Gasteiger partial charge in [-0.2, -0.15) is 0 Å². The number of nitrogens with zero attached hydrogens (tertiary/aromatic N) is 1. The average molecular weight is 210 g/mol. The van der Waals surface area contributed by atoms with Crippen LogP contribution in [-0.4, -0.2) is 10.2 Å². The number of hydrogen-bond acceptors (Lipinski definition) is 3. The summed E-state index contributed by atoms with van der Waals surface area (Å²) in [5, 5.41) is 1.69. The van der Waals surface area contributed by atoms with Crippen LogP contribution in [0.25, 0.3) is 0 Å². The Kier molecular flexibility index (Phi) is 4.42. The fourth-order valence-electron chi connectivity index (χ4n) is 1.06. The minimum atomic E-state index is 0.0919. The molecule has 14 heavy (non-hydrogen) atoms. The maximum Gasteiger partial charge on any atom is 0.0965 e. The van der Waals surface area contributed by atoms with Crippen molar-refractivity contribution < 1.29 is 0 Å². The van der Waals surface area contributed by atoms with Crippen LogP contribution in [0, 0.1) is 0 Å². The summed E-state index contributed by atoms with van der Waals surface area (Å²) >= 11 is 1.81. The van der Waals surface area contributed by atoms with Crippen LogP contribution in [0.1, 0.15) is 38.8 Å². The van der Waals surface area contributed by atoms with Gasteiger partial charge in [0.1, 0.15) is 0 Å². The molecule has 0 aliphatic rings. The minimum absolute atomic E-state index is 0.0919. The van der Waals surface area contributed by atoms with Gasteiger partial charge < -0.3 is 5.73 Å². The Balaban J connectivity index is 2.73. The first-order chi connectivity index (χ1) is 6.63. The van der Waals surface area contributed by atoms with E-state index in [0.717, 1.165) is 17.0 Å². The summed E-state index contributed by atoms with van der Waals surface area (Å²) in [5.74, 6) is 0. The highest BCUT2D eigenvalue weighted by molar-refractivity contribution is 7.99. The summed E-state index contributed by atoms with van der Waals surface area (Å²) in [4.78, 5) is 4.32. The lowest BCUT2D eigenvalue weighted by Gasteiger charge is -2.10. The summed E-state index contributed by atoms with van der Waals surface area (Å²) in [5.41, 5.74) is 6.97. The van der Waals surface area contributed by atoms with Crippen LogP contribution >= 0.6 is 11.8 Å². The van der Waals surface area contributed by atoms with Crippen molar-refractivity contribution >= 4 is 11.8 Å². The van der Waals surface area contributed by atoms with Crippen molar-refractivity contribution in [3.8, 4) is 0 Å². The van der Waals surface area contributed by atoms with E-state index in [1.165, 1.54) is 0 Å². The van der Waals surface area contributed by atoms with Crippen LogP contribution in [0.4, 0.5) is 0 Å². The standard InChI is InChI=1S/C11H18N2S/c1-4-8(2)14-11-7-10(9(3)12)5-6-13-11/h5-9H,4,12H2,1-3H3/t8?,9-/m1/s1. The van der Waals surface area contributed by atoms with E-state index in [2.05, 4.69) is 24.9 Å². The molecule has 0 bridgehead atoms. The molecule has 1 rings (SSSR count). The van der Waals surface area contributed by atoms with E-state index >= 15 is 0 Å². The van der Waals surface area contributed by atoms with Crippen molar-refractivity contribution in [2.45, 2.75) is 43.5 Å². The van der Waals surface area contributed by atoms with Crippen molar-refractivity contribution in [1.29, 1.82) is 0 Å². The average Bonchev–Trinajstić information content (AvgIpc) is 2.18. The lowest BCUT2D eigenvalue weighted by molar-refractivity contribution is 0.807. The Morgan fingerprint density at radius 3 is 2.79 bits per heavy atom. The maximum atomic E-state index is 5.81. The zero-order valence-corrected chi connectivity index (χ0v) is 9.84. The molecule has 1 heterocycles. The van der Waals surface area contributed by atoms with E-state index in [4.69, 9.17) is 5.73 Å². The monoisotopic (exact) mass is 210 g/mol. The second-order valence-electron chi connectivity index (χ2n) is 3.55.